The van der Waals surface area contributed by atoms with E-state index in [1.807, 2.05) is 25.8 Å². The predicted octanol–water partition coefficient (Wildman–Crippen LogP) is 2.38. The molecule has 0 spiro atoms. The number of nitrogens with zero attached hydrogens (tertiary/aromatic N) is 2. The molecule has 0 aromatic heterocycles. The summed E-state index contributed by atoms with van der Waals surface area (Å²) < 4.78 is 5.84. The third-order valence-electron chi connectivity index (χ3n) is 4.85. The normalized spacial score (nSPS) is 25.2. The topological polar surface area (TPSA) is 32.8 Å². The summed E-state index contributed by atoms with van der Waals surface area (Å²) in [4.78, 5) is 16.4. The molecule has 2 aliphatic rings. The van der Waals surface area contributed by atoms with Crippen LogP contribution in [0, 0.1) is 11.8 Å². The van der Waals surface area contributed by atoms with Crippen molar-refractivity contribution in [2.24, 2.45) is 11.8 Å². The Hall–Kier alpha value is -0.610. The maximum absolute atomic E-state index is 11.9. The highest BCUT2D eigenvalue weighted by atomic mass is 16.5. The summed E-state index contributed by atoms with van der Waals surface area (Å²) in [6.45, 7) is 9.25. The molecular formula is C17H32N2O2. The highest BCUT2D eigenvalue weighted by molar-refractivity contribution is 5.77. The molecule has 122 valence electrons. The van der Waals surface area contributed by atoms with Crippen LogP contribution in [-0.2, 0) is 9.53 Å². The van der Waals surface area contributed by atoms with Crippen LogP contribution in [0.2, 0.25) is 0 Å². The van der Waals surface area contributed by atoms with Gasteiger partial charge in [-0.3, -0.25) is 4.79 Å². The van der Waals surface area contributed by atoms with Crippen LogP contribution < -0.4 is 0 Å². The van der Waals surface area contributed by atoms with E-state index >= 15 is 0 Å². The van der Waals surface area contributed by atoms with Crippen LogP contribution in [0.4, 0.5) is 0 Å². The monoisotopic (exact) mass is 296 g/mol. The lowest BCUT2D eigenvalue weighted by molar-refractivity contribution is -0.133. The first kappa shape index (κ1) is 16.8. The molecule has 0 bridgehead atoms. The minimum atomic E-state index is 0.110. The van der Waals surface area contributed by atoms with Gasteiger partial charge in [0.05, 0.1) is 6.10 Å². The van der Waals surface area contributed by atoms with Gasteiger partial charge in [0, 0.05) is 32.7 Å². The number of carbonyl (C=O) groups is 1. The van der Waals surface area contributed by atoms with Crippen molar-refractivity contribution in [3.63, 3.8) is 0 Å². The van der Waals surface area contributed by atoms with Crippen LogP contribution in [0.3, 0.4) is 0 Å². The van der Waals surface area contributed by atoms with Gasteiger partial charge in [0.15, 0.2) is 0 Å². The van der Waals surface area contributed by atoms with Crippen molar-refractivity contribution < 1.29 is 9.53 Å². The van der Waals surface area contributed by atoms with Crippen LogP contribution in [0.5, 0.6) is 0 Å². The van der Waals surface area contributed by atoms with Crippen molar-refractivity contribution in [1.29, 1.82) is 0 Å². The van der Waals surface area contributed by atoms with E-state index in [0.717, 1.165) is 32.8 Å². The molecule has 0 saturated carbocycles. The summed E-state index contributed by atoms with van der Waals surface area (Å²) in [6, 6.07) is 0. The zero-order chi connectivity index (χ0) is 15.2. The number of ether oxygens (including phenoxy) is 1. The summed E-state index contributed by atoms with van der Waals surface area (Å²) in [5.74, 6) is 1.05. The maximum atomic E-state index is 11.9. The lowest BCUT2D eigenvalue weighted by atomic mass is 9.95. The van der Waals surface area contributed by atoms with Crippen LogP contribution in [0.25, 0.3) is 0 Å². The molecule has 2 heterocycles. The van der Waals surface area contributed by atoms with Crippen molar-refractivity contribution >= 4 is 5.91 Å². The molecular weight excluding hydrogens is 264 g/mol. The quantitative estimate of drug-likeness (QED) is 0.781. The number of piperidine rings is 1. The zero-order valence-electron chi connectivity index (χ0n) is 14.0. The van der Waals surface area contributed by atoms with Gasteiger partial charge >= 0.3 is 0 Å². The number of amides is 1. The van der Waals surface area contributed by atoms with E-state index < -0.39 is 0 Å². The smallest absolute Gasteiger partial charge is 0.224 e. The van der Waals surface area contributed by atoms with Crippen LogP contribution >= 0.6 is 0 Å². The van der Waals surface area contributed by atoms with Gasteiger partial charge in [0.2, 0.25) is 5.91 Å². The van der Waals surface area contributed by atoms with Crippen LogP contribution in [0.1, 0.15) is 46.0 Å². The van der Waals surface area contributed by atoms with E-state index in [-0.39, 0.29) is 11.8 Å². The summed E-state index contributed by atoms with van der Waals surface area (Å²) in [6.07, 6.45) is 6.66. The second-order valence-corrected chi connectivity index (χ2v) is 7.11. The summed E-state index contributed by atoms with van der Waals surface area (Å²) in [5, 5.41) is 0. The average molecular weight is 296 g/mol. The van der Waals surface area contributed by atoms with Crippen LogP contribution in [-0.4, -0.2) is 61.6 Å². The van der Waals surface area contributed by atoms with Gasteiger partial charge in [0.25, 0.3) is 0 Å². The van der Waals surface area contributed by atoms with Crippen molar-refractivity contribution in [3.8, 4) is 0 Å². The SMILES string of the molecule is CC(C)C(=O)N(C)CC1CCN(CC2CCCCO2)CC1. The van der Waals surface area contributed by atoms with Gasteiger partial charge in [-0.15, -0.1) is 0 Å². The Morgan fingerprint density at radius 1 is 1.24 bits per heavy atom. The number of rotatable bonds is 5. The Balaban J connectivity index is 1.67. The number of hydrogen-bond donors (Lipinski definition) is 0. The van der Waals surface area contributed by atoms with E-state index in [1.54, 1.807) is 0 Å². The molecule has 0 radical (unpaired) electrons. The van der Waals surface area contributed by atoms with Gasteiger partial charge in [0.1, 0.15) is 0 Å². The lowest BCUT2D eigenvalue weighted by Gasteiger charge is -2.36. The summed E-state index contributed by atoms with van der Waals surface area (Å²) >= 11 is 0. The van der Waals surface area contributed by atoms with E-state index in [4.69, 9.17) is 4.74 Å². The van der Waals surface area contributed by atoms with Crippen molar-refractivity contribution in [1.82, 2.24) is 9.80 Å². The lowest BCUT2D eigenvalue weighted by Crippen LogP contribution is -2.43. The van der Waals surface area contributed by atoms with E-state index in [0.29, 0.717) is 12.0 Å². The largest absolute Gasteiger partial charge is 0.377 e. The summed E-state index contributed by atoms with van der Waals surface area (Å²) in [7, 11) is 1.95. The molecule has 0 aromatic rings. The molecule has 0 aliphatic carbocycles. The number of likely N-dealkylation sites (tertiary alicyclic amines) is 1. The molecule has 4 nitrogen and oxygen atoms in total. The third kappa shape index (κ3) is 5.26. The first-order chi connectivity index (χ1) is 10.1. The molecule has 2 rings (SSSR count). The molecule has 21 heavy (non-hydrogen) atoms. The molecule has 0 aromatic carbocycles. The number of carbonyl (C=O) groups excluding carboxylic acids is 1. The highest BCUT2D eigenvalue weighted by Crippen LogP contribution is 2.21. The molecule has 4 heteroatoms. The molecule has 2 saturated heterocycles. The zero-order valence-corrected chi connectivity index (χ0v) is 14.0. The van der Waals surface area contributed by atoms with Gasteiger partial charge in [-0.2, -0.15) is 0 Å². The minimum Gasteiger partial charge on any atom is -0.377 e. The van der Waals surface area contributed by atoms with E-state index in [1.165, 1.54) is 32.1 Å². The van der Waals surface area contributed by atoms with Crippen molar-refractivity contribution in [3.05, 3.63) is 0 Å². The van der Waals surface area contributed by atoms with E-state index in [2.05, 4.69) is 4.90 Å². The third-order valence-corrected chi connectivity index (χ3v) is 4.85. The van der Waals surface area contributed by atoms with Crippen LogP contribution in [0.15, 0.2) is 0 Å². The second kappa shape index (κ2) is 8.14. The number of hydrogen-bond acceptors (Lipinski definition) is 3. The fourth-order valence-electron chi connectivity index (χ4n) is 3.51. The van der Waals surface area contributed by atoms with Gasteiger partial charge < -0.3 is 14.5 Å². The highest BCUT2D eigenvalue weighted by Gasteiger charge is 2.25. The molecule has 1 unspecified atom stereocenters. The second-order valence-electron chi connectivity index (χ2n) is 7.11. The standard InChI is InChI=1S/C17H32N2O2/c1-14(2)17(20)18(3)12-15-7-9-19(10-8-15)13-16-6-4-5-11-21-16/h14-16H,4-13H2,1-3H3. The maximum Gasteiger partial charge on any atom is 0.224 e. The molecule has 1 amide bonds. The molecule has 0 N–H and O–H groups in total. The van der Waals surface area contributed by atoms with E-state index in [9.17, 15) is 4.79 Å². The van der Waals surface area contributed by atoms with Crippen molar-refractivity contribution in [2.75, 3.05) is 39.8 Å². The average Bonchev–Trinajstić information content (AvgIpc) is 2.49. The molecule has 2 aliphatic heterocycles. The fraction of sp³-hybridized carbons (Fsp3) is 0.941. The Kier molecular flexibility index (Phi) is 6.49. The Morgan fingerprint density at radius 2 is 1.95 bits per heavy atom. The van der Waals surface area contributed by atoms with Crippen molar-refractivity contribution in [2.45, 2.75) is 52.1 Å². The summed E-state index contributed by atoms with van der Waals surface area (Å²) in [5.41, 5.74) is 0. The fourth-order valence-corrected chi connectivity index (χ4v) is 3.51. The molecule has 2 fully saturated rings. The minimum absolute atomic E-state index is 0.110. The predicted molar refractivity (Wildman–Crippen MR) is 85.2 cm³/mol. The first-order valence-corrected chi connectivity index (χ1v) is 8.65. The van der Waals surface area contributed by atoms with Gasteiger partial charge in [-0.1, -0.05) is 13.8 Å². The first-order valence-electron chi connectivity index (χ1n) is 8.65. The van der Waals surface area contributed by atoms with Gasteiger partial charge in [-0.25, -0.2) is 0 Å². The Morgan fingerprint density at radius 3 is 2.52 bits per heavy atom. The van der Waals surface area contributed by atoms with Gasteiger partial charge in [-0.05, 0) is 51.1 Å². The Bertz CT molecular complexity index is 319. The molecule has 1 atom stereocenters. The Labute approximate surface area is 129 Å².